The fraction of sp³-hybridized carbons (Fsp3) is 0.235. The predicted molar refractivity (Wildman–Crippen MR) is 94.5 cm³/mol. The molecule has 1 aliphatic rings. The number of aliphatic imine (C=N–C) groups is 1. The second-order valence-corrected chi connectivity index (χ2v) is 5.77. The van der Waals surface area contributed by atoms with Gasteiger partial charge in [0.05, 0.1) is 0 Å². The van der Waals surface area contributed by atoms with Gasteiger partial charge in [-0.1, -0.05) is 30.3 Å². The van der Waals surface area contributed by atoms with Crippen LogP contribution in [-0.4, -0.2) is 41.1 Å². The molecule has 1 aliphatic heterocycles. The van der Waals surface area contributed by atoms with E-state index in [1.54, 1.807) is 6.07 Å². The van der Waals surface area contributed by atoms with Gasteiger partial charge in [-0.15, -0.1) is 4.99 Å². The Hall–Kier alpha value is -3.33. The molecule has 0 radical (unpaired) electrons. The van der Waals surface area contributed by atoms with Crippen molar-refractivity contribution in [2.75, 3.05) is 13.1 Å². The molecule has 26 heavy (non-hydrogen) atoms. The molecule has 2 heterocycles. The summed E-state index contributed by atoms with van der Waals surface area (Å²) in [6.07, 6.45) is -0.0571. The summed E-state index contributed by atoms with van der Waals surface area (Å²) in [5, 5.41) is 0. The topological polar surface area (TPSA) is 136 Å². The Morgan fingerprint density at radius 2 is 1.92 bits per heavy atom. The van der Waals surface area contributed by atoms with Crippen LogP contribution in [0.15, 0.2) is 58.4 Å². The molecule has 136 valence electrons. The lowest BCUT2D eigenvalue weighted by Gasteiger charge is -2.42. The molecule has 2 aromatic rings. The van der Waals surface area contributed by atoms with Gasteiger partial charge in [0.2, 0.25) is 5.56 Å². The third-order valence-corrected chi connectivity index (χ3v) is 3.78. The van der Waals surface area contributed by atoms with Crippen molar-refractivity contribution in [3.63, 3.8) is 0 Å². The molecule has 1 unspecified atom stereocenters. The fourth-order valence-corrected chi connectivity index (χ4v) is 2.60. The minimum atomic E-state index is -0.858. The molecule has 9 heteroatoms. The SMILES string of the molecule is NC(N)=NC(=O)OC(c1ccccc1)N1CC(Oc2ccc(=O)[nH]c2)C1. The molecule has 1 atom stereocenters. The average molecular weight is 357 g/mol. The molecule has 3 rings (SSSR count). The lowest BCUT2D eigenvalue weighted by atomic mass is 10.1. The zero-order valence-corrected chi connectivity index (χ0v) is 13.9. The normalized spacial score (nSPS) is 15.5. The first kappa shape index (κ1) is 17.5. The van der Waals surface area contributed by atoms with Gasteiger partial charge in [0.1, 0.15) is 11.9 Å². The highest BCUT2D eigenvalue weighted by atomic mass is 16.6. The summed E-state index contributed by atoms with van der Waals surface area (Å²) in [5.74, 6) is 0.215. The number of nitrogens with zero attached hydrogens (tertiary/aromatic N) is 2. The van der Waals surface area contributed by atoms with Crippen LogP contribution >= 0.6 is 0 Å². The monoisotopic (exact) mass is 357 g/mol. The van der Waals surface area contributed by atoms with Crippen LogP contribution < -0.4 is 21.8 Å². The number of H-pyrrole nitrogens is 1. The van der Waals surface area contributed by atoms with E-state index in [1.807, 2.05) is 35.2 Å². The summed E-state index contributed by atoms with van der Waals surface area (Å²) in [4.78, 5) is 30.8. The number of nitrogens with one attached hydrogen (secondary N) is 1. The number of aromatic nitrogens is 1. The van der Waals surface area contributed by atoms with E-state index >= 15 is 0 Å². The summed E-state index contributed by atoms with van der Waals surface area (Å²) >= 11 is 0. The quantitative estimate of drug-likeness (QED) is 0.525. The minimum Gasteiger partial charge on any atom is -0.486 e. The zero-order chi connectivity index (χ0) is 18.5. The van der Waals surface area contributed by atoms with Gasteiger partial charge < -0.3 is 25.9 Å². The zero-order valence-electron chi connectivity index (χ0n) is 13.9. The van der Waals surface area contributed by atoms with Gasteiger partial charge in [-0.2, -0.15) is 0 Å². The lowest BCUT2D eigenvalue weighted by Crippen LogP contribution is -2.55. The van der Waals surface area contributed by atoms with E-state index in [0.29, 0.717) is 18.8 Å². The van der Waals surface area contributed by atoms with E-state index in [4.69, 9.17) is 20.9 Å². The number of carbonyl (C=O) groups is 1. The first-order chi connectivity index (χ1) is 12.5. The molecule has 0 bridgehead atoms. The molecule has 0 aliphatic carbocycles. The molecule has 5 N–H and O–H groups in total. The summed E-state index contributed by atoms with van der Waals surface area (Å²) in [7, 11) is 0. The number of amides is 1. The van der Waals surface area contributed by atoms with Gasteiger partial charge in [0, 0.05) is 30.9 Å². The van der Waals surface area contributed by atoms with E-state index in [-0.39, 0.29) is 17.6 Å². The van der Waals surface area contributed by atoms with Crippen molar-refractivity contribution in [2.24, 2.45) is 16.5 Å². The summed E-state index contributed by atoms with van der Waals surface area (Å²) in [6.45, 7) is 1.07. The highest BCUT2D eigenvalue weighted by Crippen LogP contribution is 2.29. The molecule has 9 nitrogen and oxygen atoms in total. The van der Waals surface area contributed by atoms with Crippen molar-refractivity contribution in [1.29, 1.82) is 0 Å². The molecule has 1 aromatic carbocycles. The highest BCUT2D eigenvalue weighted by molar-refractivity contribution is 5.87. The van der Waals surface area contributed by atoms with Crippen LogP contribution in [0.3, 0.4) is 0 Å². The fourth-order valence-electron chi connectivity index (χ4n) is 2.60. The maximum Gasteiger partial charge on any atom is 0.438 e. The number of ether oxygens (including phenoxy) is 2. The lowest BCUT2D eigenvalue weighted by molar-refractivity contribution is -0.0946. The number of carbonyl (C=O) groups excluding carboxylic acids is 1. The number of pyridine rings is 1. The Morgan fingerprint density at radius 3 is 2.54 bits per heavy atom. The first-order valence-electron chi connectivity index (χ1n) is 7.96. The van der Waals surface area contributed by atoms with Gasteiger partial charge in [-0.3, -0.25) is 9.69 Å². The summed E-state index contributed by atoms with van der Waals surface area (Å²) in [6, 6.07) is 12.3. The molecule has 1 saturated heterocycles. The predicted octanol–water partition coefficient (Wildman–Crippen LogP) is 0.547. The molecule has 1 fully saturated rings. The maximum absolute atomic E-state index is 11.8. The van der Waals surface area contributed by atoms with Crippen molar-refractivity contribution in [3.8, 4) is 5.75 Å². The van der Waals surface area contributed by atoms with Gasteiger partial charge in [0.15, 0.2) is 12.2 Å². The van der Waals surface area contributed by atoms with Gasteiger partial charge in [-0.25, -0.2) is 4.79 Å². The van der Waals surface area contributed by atoms with Gasteiger partial charge >= 0.3 is 6.09 Å². The van der Waals surface area contributed by atoms with E-state index in [1.165, 1.54) is 12.3 Å². The molecule has 0 saturated carbocycles. The Balaban J connectivity index is 1.65. The maximum atomic E-state index is 11.8. The molecule has 1 aromatic heterocycles. The van der Waals surface area contributed by atoms with Gasteiger partial charge in [0.25, 0.3) is 0 Å². The van der Waals surface area contributed by atoms with Crippen LogP contribution in [0.5, 0.6) is 5.75 Å². The summed E-state index contributed by atoms with van der Waals surface area (Å²) < 4.78 is 11.2. The van der Waals surface area contributed by atoms with Crippen molar-refractivity contribution in [1.82, 2.24) is 9.88 Å². The van der Waals surface area contributed by atoms with E-state index in [9.17, 15) is 9.59 Å². The minimum absolute atomic E-state index is 0.0890. The Bertz CT molecular complexity index is 821. The second-order valence-electron chi connectivity index (χ2n) is 5.77. The van der Waals surface area contributed by atoms with E-state index < -0.39 is 12.3 Å². The van der Waals surface area contributed by atoms with Crippen molar-refractivity contribution < 1.29 is 14.3 Å². The van der Waals surface area contributed by atoms with Crippen LogP contribution in [0.25, 0.3) is 0 Å². The number of likely N-dealkylation sites (tertiary alicyclic amines) is 1. The number of benzene rings is 1. The number of nitrogens with two attached hydrogens (primary N) is 2. The Morgan fingerprint density at radius 1 is 1.19 bits per heavy atom. The smallest absolute Gasteiger partial charge is 0.438 e. The third-order valence-electron chi connectivity index (χ3n) is 3.78. The number of hydrogen-bond donors (Lipinski definition) is 3. The Labute approximate surface area is 149 Å². The standard InChI is InChI=1S/C17H19N5O4/c18-16(19)21-17(24)26-15(11-4-2-1-3-5-11)22-9-13(10-22)25-12-6-7-14(23)20-8-12/h1-8,13,15H,9-10H2,(H,20,23)(H4,18,19,21,24). The number of hydrogen-bond acceptors (Lipinski definition) is 5. The molecule has 1 amide bonds. The number of guanidine groups is 1. The van der Waals surface area contributed by atoms with Crippen molar-refractivity contribution in [2.45, 2.75) is 12.3 Å². The molecule has 0 spiro atoms. The largest absolute Gasteiger partial charge is 0.486 e. The van der Waals surface area contributed by atoms with Gasteiger partial charge in [-0.05, 0) is 6.07 Å². The van der Waals surface area contributed by atoms with E-state index in [0.717, 1.165) is 5.56 Å². The van der Waals surface area contributed by atoms with E-state index in [2.05, 4.69) is 9.98 Å². The number of rotatable bonds is 5. The van der Waals surface area contributed by atoms with Crippen LogP contribution in [0.1, 0.15) is 11.8 Å². The molecular weight excluding hydrogens is 338 g/mol. The van der Waals surface area contributed by atoms with Crippen molar-refractivity contribution >= 4 is 12.1 Å². The third kappa shape index (κ3) is 4.39. The van der Waals surface area contributed by atoms with Crippen LogP contribution in [0.2, 0.25) is 0 Å². The molecular formula is C17H19N5O4. The van der Waals surface area contributed by atoms with Crippen LogP contribution in [0, 0.1) is 0 Å². The second kappa shape index (κ2) is 7.70. The van der Waals surface area contributed by atoms with Crippen molar-refractivity contribution in [3.05, 3.63) is 64.6 Å². The van der Waals surface area contributed by atoms with Crippen LogP contribution in [-0.2, 0) is 4.74 Å². The first-order valence-corrected chi connectivity index (χ1v) is 7.96. The average Bonchev–Trinajstić information content (AvgIpc) is 2.58. The Kier molecular flexibility index (Phi) is 5.18. The highest BCUT2D eigenvalue weighted by Gasteiger charge is 2.36. The summed E-state index contributed by atoms with van der Waals surface area (Å²) in [5.41, 5.74) is 11.0. The number of aromatic amines is 1. The van der Waals surface area contributed by atoms with Crippen LogP contribution in [0.4, 0.5) is 4.79 Å².